The first kappa shape index (κ1) is 18.1. The summed E-state index contributed by atoms with van der Waals surface area (Å²) in [5.41, 5.74) is 2.23. The predicted octanol–water partition coefficient (Wildman–Crippen LogP) is 2.03. The number of hydrogen-bond acceptors (Lipinski definition) is 4. The highest BCUT2D eigenvalue weighted by molar-refractivity contribution is 5.97. The molecule has 2 aromatic rings. The molecule has 7 heteroatoms. The number of pyridine rings is 1. The summed E-state index contributed by atoms with van der Waals surface area (Å²) in [4.78, 5) is 35.7. The quantitative estimate of drug-likeness (QED) is 0.860. The highest BCUT2D eigenvalue weighted by atomic mass is 16.2. The Hall–Kier alpha value is -2.70. The van der Waals surface area contributed by atoms with Gasteiger partial charge in [0.1, 0.15) is 5.69 Å². The fourth-order valence-corrected chi connectivity index (χ4v) is 3.31. The Bertz CT molecular complexity index is 781. The molecule has 0 atom stereocenters. The van der Waals surface area contributed by atoms with Crippen molar-refractivity contribution in [3.63, 3.8) is 0 Å². The number of hydrogen-bond donors (Lipinski definition) is 1. The van der Waals surface area contributed by atoms with Gasteiger partial charge >= 0.3 is 0 Å². The van der Waals surface area contributed by atoms with Gasteiger partial charge in [0.2, 0.25) is 0 Å². The summed E-state index contributed by atoms with van der Waals surface area (Å²) in [6, 6.07) is 3.72. The molecular formula is C19H25N5O2. The lowest BCUT2D eigenvalue weighted by Crippen LogP contribution is -2.33. The number of amides is 2. The van der Waals surface area contributed by atoms with Crippen LogP contribution in [0.2, 0.25) is 0 Å². The standard InChI is InChI=1S/C19H25N5O2/c1-3-23(4-2)19(26)17-22-16(15-7-5-6-12-24(15)17)18(25)21-13-14-8-10-20-11-9-14/h8-11H,3-7,12-13H2,1-2H3,(H,21,25). The fourth-order valence-electron chi connectivity index (χ4n) is 3.31. The van der Waals surface area contributed by atoms with Gasteiger partial charge in [0.05, 0.1) is 5.69 Å². The maximum absolute atomic E-state index is 12.8. The summed E-state index contributed by atoms with van der Waals surface area (Å²) >= 11 is 0. The van der Waals surface area contributed by atoms with Crippen LogP contribution in [0.1, 0.15) is 59.1 Å². The Kier molecular flexibility index (Phi) is 5.65. The van der Waals surface area contributed by atoms with Crippen molar-refractivity contribution in [1.29, 1.82) is 0 Å². The van der Waals surface area contributed by atoms with Crippen molar-refractivity contribution in [3.05, 3.63) is 47.3 Å². The van der Waals surface area contributed by atoms with Gasteiger partial charge in [-0.3, -0.25) is 14.6 Å². The molecule has 1 aliphatic rings. The summed E-state index contributed by atoms with van der Waals surface area (Å²) in [7, 11) is 0. The zero-order valence-electron chi connectivity index (χ0n) is 15.4. The van der Waals surface area contributed by atoms with E-state index in [9.17, 15) is 9.59 Å². The maximum Gasteiger partial charge on any atom is 0.289 e. The zero-order chi connectivity index (χ0) is 18.5. The van der Waals surface area contributed by atoms with E-state index in [1.54, 1.807) is 17.3 Å². The molecule has 0 saturated heterocycles. The van der Waals surface area contributed by atoms with E-state index in [0.29, 0.717) is 31.2 Å². The van der Waals surface area contributed by atoms with Gasteiger partial charge in [-0.25, -0.2) is 4.98 Å². The Labute approximate surface area is 153 Å². The number of carbonyl (C=O) groups excluding carboxylic acids is 2. The van der Waals surface area contributed by atoms with Crippen molar-refractivity contribution in [1.82, 2.24) is 24.8 Å². The van der Waals surface area contributed by atoms with Crippen LogP contribution in [-0.4, -0.2) is 44.3 Å². The SMILES string of the molecule is CCN(CC)C(=O)c1nc(C(=O)NCc2ccncc2)c2n1CCCC2. The Morgan fingerprint density at radius 3 is 2.62 bits per heavy atom. The first-order valence-electron chi connectivity index (χ1n) is 9.21. The fraction of sp³-hybridized carbons (Fsp3) is 0.474. The van der Waals surface area contributed by atoms with Crippen LogP contribution in [0.4, 0.5) is 0 Å². The average Bonchev–Trinajstić information content (AvgIpc) is 3.07. The largest absolute Gasteiger partial charge is 0.347 e. The van der Waals surface area contributed by atoms with Crippen LogP contribution in [0.15, 0.2) is 24.5 Å². The molecule has 0 radical (unpaired) electrons. The van der Waals surface area contributed by atoms with E-state index in [-0.39, 0.29) is 11.8 Å². The van der Waals surface area contributed by atoms with Gasteiger partial charge in [-0.2, -0.15) is 0 Å². The lowest BCUT2D eigenvalue weighted by molar-refractivity contribution is 0.0754. The number of carbonyl (C=O) groups is 2. The lowest BCUT2D eigenvalue weighted by Gasteiger charge is -2.21. The van der Waals surface area contributed by atoms with Crippen molar-refractivity contribution in [2.45, 2.75) is 46.2 Å². The highest BCUT2D eigenvalue weighted by Gasteiger charge is 2.28. The molecule has 26 heavy (non-hydrogen) atoms. The van der Waals surface area contributed by atoms with E-state index in [2.05, 4.69) is 15.3 Å². The molecule has 0 spiro atoms. The molecule has 0 unspecified atom stereocenters. The second-order valence-electron chi connectivity index (χ2n) is 6.36. The van der Waals surface area contributed by atoms with E-state index in [0.717, 1.165) is 37.1 Å². The van der Waals surface area contributed by atoms with Crippen LogP contribution in [0.25, 0.3) is 0 Å². The number of rotatable bonds is 6. The van der Waals surface area contributed by atoms with Crippen molar-refractivity contribution in [2.24, 2.45) is 0 Å². The predicted molar refractivity (Wildman–Crippen MR) is 97.8 cm³/mol. The summed E-state index contributed by atoms with van der Waals surface area (Å²) < 4.78 is 1.94. The zero-order valence-corrected chi connectivity index (χ0v) is 15.4. The highest BCUT2D eigenvalue weighted by Crippen LogP contribution is 2.22. The van der Waals surface area contributed by atoms with Crippen molar-refractivity contribution < 1.29 is 9.59 Å². The summed E-state index contributed by atoms with van der Waals surface area (Å²) in [5.74, 6) is 0.0508. The van der Waals surface area contributed by atoms with Gasteiger partial charge < -0.3 is 14.8 Å². The van der Waals surface area contributed by atoms with Gasteiger partial charge in [0, 0.05) is 38.6 Å². The second-order valence-corrected chi connectivity index (χ2v) is 6.36. The summed E-state index contributed by atoms with van der Waals surface area (Å²) in [5, 5.41) is 2.91. The number of fused-ring (bicyclic) bond motifs is 1. The number of aromatic nitrogens is 3. The molecule has 0 bridgehead atoms. The van der Waals surface area contributed by atoms with Gasteiger partial charge in [0.25, 0.3) is 11.8 Å². The third-order valence-corrected chi connectivity index (χ3v) is 4.78. The molecule has 0 aromatic carbocycles. The minimum atomic E-state index is -0.231. The summed E-state index contributed by atoms with van der Waals surface area (Å²) in [6.45, 7) is 6.30. The molecule has 3 rings (SSSR count). The number of imidazole rings is 1. The normalized spacial score (nSPS) is 13.2. The Balaban J connectivity index is 1.85. The molecule has 1 N–H and O–H groups in total. The first-order chi connectivity index (χ1) is 12.7. The van der Waals surface area contributed by atoms with Crippen molar-refractivity contribution >= 4 is 11.8 Å². The van der Waals surface area contributed by atoms with Crippen molar-refractivity contribution in [2.75, 3.05) is 13.1 Å². The Morgan fingerprint density at radius 2 is 1.92 bits per heavy atom. The molecule has 7 nitrogen and oxygen atoms in total. The smallest absolute Gasteiger partial charge is 0.289 e. The maximum atomic E-state index is 12.8. The summed E-state index contributed by atoms with van der Waals surface area (Å²) in [6.07, 6.45) is 6.17. The third-order valence-electron chi connectivity index (χ3n) is 4.78. The van der Waals surface area contributed by atoms with E-state index in [4.69, 9.17) is 0 Å². The van der Waals surface area contributed by atoms with Crippen LogP contribution in [0.5, 0.6) is 0 Å². The minimum Gasteiger partial charge on any atom is -0.347 e. The van der Waals surface area contributed by atoms with Crippen LogP contribution in [0.3, 0.4) is 0 Å². The molecule has 3 heterocycles. The molecule has 1 aliphatic heterocycles. The number of nitrogens with zero attached hydrogens (tertiary/aromatic N) is 4. The molecular weight excluding hydrogens is 330 g/mol. The van der Waals surface area contributed by atoms with Gasteiger partial charge in [-0.1, -0.05) is 0 Å². The molecule has 0 fully saturated rings. The van der Waals surface area contributed by atoms with Crippen LogP contribution >= 0.6 is 0 Å². The lowest BCUT2D eigenvalue weighted by atomic mass is 10.1. The second kappa shape index (κ2) is 8.12. The number of nitrogens with one attached hydrogen (secondary N) is 1. The molecule has 138 valence electrons. The van der Waals surface area contributed by atoms with E-state index in [1.165, 1.54) is 0 Å². The Morgan fingerprint density at radius 1 is 1.19 bits per heavy atom. The topological polar surface area (TPSA) is 80.1 Å². The third kappa shape index (κ3) is 3.61. The van der Waals surface area contributed by atoms with Crippen LogP contribution in [-0.2, 0) is 19.5 Å². The molecule has 0 saturated carbocycles. The van der Waals surface area contributed by atoms with Crippen LogP contribution < -0.4 is 5.32 Å². The minimum absolute atomic E-state index is 0.105. The van der Waals surface area contributed by atoms with E-state index in [1.807, 2.05) is 30.5 Å². The van der Waals surface area contributed by atoms with Crippen LogP contribution in [0, 0.1) is 0 Å². The van der Waals surface area contributed by atoms with Gasteiger partial charge in [-0.15, -0.1) is 0 Å². The molecule has 2 aromatic heterocycles. The average molecular weight is 355 g/mol. The van der Waals surface area contributed by atoms with E-state index >= 15 is 0 Å². The monoisotopic (exact) mass is 355 g/mol. The van der Waals surface area contributed by atoms with Gasteiger partial charge in [0.15, 0.2) is 5.82 Å². The molecule has 2 amide bonds. The molecule has 0 aliphatic carbocycles. The van der Waals surface area contributed by atoms with E-state index < -0.39 is 0 Å². The first-order valence-corrected chi connectivity index (χ1v) is 9.21. The van der Waals surface area contributed by atoms with Crippen molar-refractivity contribution in [3.8, 4) is 0 Å². The van der Waals surface area contributed by atoms with Gasteiger partial charge in [-0.05, 0) is 50.8 Å².